The first-order chi connectivity index (χ1) is 15.5. The fraction of sp³-hybridized carbons (Fsp3) is 0.576. The Morgan fingerprint density at radius 1 is 0.629 bits per heavy atom. The summed E-state index contributed by atoms with van der Waals surface area (Å²) >= 11 is 0. The third kappa shape index (κ3) is 35.8. The molecule has 2 nitrogen and oxygen atoms in total. The molecule has 0 fully saturated rings. The molecule has 0 aliphatic rings. The number of hydrogen-bond acceptors (Lipinski definition) is 2. The monoisotopic (exact) mass is 476 g/mol. The van der Waals surface area contributed by atoms with Gasteiger partial charge in [-0.1, -0.05) is 118 Å². The molecule has 0 rings (SSSR count). The molecule has 0 heterocycles. The molecule has 0 aliphatic heterocycles. The van der Waals surface area contributed by atoms with Crippen LogP contribution in [0.5, 0.6) is 0 Å². The highest BCUT2D eigenvalue weighted by Crippen LogP contribution is 2.24. The summed E-state index contributed by atoms with van der Waals surface area (Å²) in [7, 11) is 0. The average molecular weight is 477 g/mol. The third-order valence-electron chi connectivity index (χ3n) is 4.48. The van der Waals surface area contributed by atoms with Gasteiger partial charge >= 0.3 is 0 Å². The number of hydrogen-bond donors (Lipinski definition) is 0. The second kappa shape index (κ2) is 18.4. The standard InChI is InChI=1S/C9H14.2C8H13N.C8H12/c1-6-8(2)7-9(3,4)5;2*1-7(5-6-9)8(2,3)4;1-5-6-7-8(2,3)4/h1,7H,2-5H3;2*5H,1-4H3;1,6-7H,2-4H3/b8-7+;7-5+;7-5-;7-6+. The topological polar surface area (TPSA) is 47.6 Å². The van der Waals surface area contributed by atoms with E-state index in [0.29, 0.717) is 0 Å². The molecule has 35 heavy (non-hydrogen) atoms. The molecular formula is C33H52N2. The predicted molar refractivity (Wildman–Crippen MR) is 157 cm³/mol. The summed E-state index contributed by atoms with van der Waals surface area (Å²) in [5.74, 6) is 5.03. The molecule has 0 saturated carbocycles. The predicted octanol–water partition coefficient (Wildman–Crippen LogP) is 9.84. The molecule has 0 aliphatic carbocycles. The lowest BCUT2D eigenvalue weighted by Gasteiger charge is -2.17. The van der Waals surface area contributed by atoms with E-state index >= 15 is 0 Å². The number of rotatable bonds is 0. The van der Waals surface area contributed by atoms with E-state index in [4.69, 9.17) is 23.4 Å². The number of nitriles is 2. The molecule has 0 spiro atoms. The average Bonchev–Trinajstić information content (AvgIpc) is 2.65. The van der Waals surface area contributed by atoms with Crippen molar-refractivity contribution in [2.24, 2.45) is 21.7 Å². The van der Waals surface area contributed by atoms with Crippen LogP contribution in [0.25, 0.3) is 0 Å². The summed E-state index contributed by atoms with van der Waals surface area (Å²) in [6, 6.07) is 4.02. The van der Waals surface area contributed by atoms with Crippen molar-refractivity contribution in [1.29, 1.82) is 10.5 Å². The zero-order chi connectivity index (χ0) is 29.1. The van der Waals surface area contributed by atoms with E-state index in [1.54, 1.807) is 18.2 Å². The van der Waals surface area contributed by atoms with Crippen LogP contribution in [0, 0.1) is 69.0 Å². The van der Waals surface area contributed by atoms with Gasteiger partial charge < -0.3 is 0 Å². The minimum absolute atomic E-state index is 0.149. The van der Waals surface area contributed by atoms with Gasteiger partial charge in [-0.25, -0.2) is 0 Å². The van der Waals surface area contributed by atoms with Gasteiger partial charge in [0.2, 0.25) is 0 Å². The first-order valence-electron chi connectivity index (χ1n) is 11.9. The van der Waals surface area contributed by atoms with Gasteiger partial charge in [0.15, 0.2) is 0 Å². The fourth-order valence-corrected chi connectivity index (χ4v) is 1.62. The SMILES string of the molecule is C#C/C(C)=C/C(C)(C)C.C#C/C=C/C(C)(C)C.C/C(=C/C#N)C(C)(C)C.C/C(=C\C#N)C(C)(C)C. The smallest absolute Gasteiger partial charge is 0.0911 e. The van der Waals surface area contributed by atoms with Crippen LogP contribution >= 0.6 is 0 Å². The molecule has 0 aromatic rings. The van der Waals surface area contributed by atoms with Crippen molar-refractivity contribution in [1.82, 2.24) is 0 Å². The molecule has 0 bridgehead atoms. The molecule has 0 amide bonds. The molecule has 0 saturated heterocycles. The summed E-state index contributed by atoms with van der Waals surface area (Å²) in [5, 5.41) is 16.5. The Bertz CT molecular complexity index is 838. The van der Waals surface area contributed by atoms with Gasteiger partial charge in [-0.3, -0.25) is 0 Å². The van der Waals surface area contributed by atoms with Crippen LogP contribution in [0.4, 0.5) is 0 Å². The van der Waals surface area contributed by atoms with Crippen LogP contribution in [-0.4, -0.2) is 0 Å². The molecule has 0 radical (unpaired) electrons. The summed E-state index contributed by atoms with van der Waals surface area (Å²) in [6.45, 7) is 31.2. The molecule has 0 atom stereocenters. The highest BCUT2D eigenvalue weighted by molar-refractivity contribution is 5.24. The van der Waals surface area contributed by atoms with Gasteiger partial charge in [0.25, 0.3) is 0 Å². The minimum Gasteiger partial charge on any atom is -0.193 e. The van der Waals surface area contributed by atoms with E-state index in [-0.39, 0.29) is 21.7 Å². The van der Waals surface area contributed by atoms with Crippen molar-refractivity contribution in [2.45, 2.75) is 104 Å². The highest BCUT2D eigenvalue weighted by atomic mass is 14.2. The largest absolute Gasteiger partial charge is 0.193 e. The van der Waals surface area contributed by atoms with E-state index in [1.165, 1.54) is 0 Å². The van der Waals surface area contributed by atoms with Crippen molar-refractivity contribution in [2.75, 3.05) is 0 Å². The normalized spacial score (nSPS) is 12.7. The van der Waals surface area contributed by atoms with Gasteiger partial charge in [0.05, 0.1) is 12.1 Å². The van der Waals surface area contributed by atoms with Crippen LogP contribution in [-0.2, 0) is 0 Å². The first kappa shape index (κ1) is 39.3. The molecular weight excluding hydrogens is 424 g/mol. The number of terminal acetylenes is 2. The fourth-order valence-electron chi connectivity index (χ4n) is 1.62. The Labute approximate surface area is 219 Å². The van der Waals surface area contributed by atoms with E-state index < -0.39 is 0 Å². The molecule has 0 N–H and O–H groups in total. The highest BCUT2D eigenvalue weighted by Gasteiger charge is 2.11. The first-order valence-corrected chi connectivity index (χ1v) is 11.9. The van der Waals surface area contributed by atoms with E-state index in [1.807, 2.05) is 39.0 Å². The van der Waals surface area contributed by atoms with E-state index in [0.717, 1.165) is 16.7 Å². The molecule has 0 aromatic carbocycles. The summed E-state index contributed by atoms with van der Waals surface area (Å²) in [5.41, 5.74) is 4.02. The summed E-state index contributed by atoms with van der Waals surface area (Å²) in [4.78, 5) is 0. The van der Waals surface area contributed by atoms with Gasteiger partial charge in [-0.15, -0.1) is 12.8 Å². The maximum Gasteiger partial charge on any atom is 0.0911 e. The van der Waals surface area contributed by atoms with Gasteiger partial charge in [-0.05, 0) is 54.1 Å². The zero-order valence-corrected chi connectivity index (χ0v) is 25.4. The third-order valence-corrected chi connectivity index (χ3v) is 4.48. The Morgan fingerprint density at radius 2 is 0.971 bits per heavy atom. The molecule has 2 heteroatoms. The lowest BCUT2D eigenvalue weighted by Crippen LogP contribution is -2.05. The Balaban J connectivity index is -0.000000183. The summed E-state index contributed by atoms with van der Waals surface area (Å²) in [6.07, 6.45) is 19.2. The minimum atomic E-state index is 0.149. The second-order valence-electron chi connectivity index (χ2n) is 12.6. The zero-order valence-electron chi connectivity index (χ0n) is 25.4. The van der Waals surface area contributed by atoms with Crippen molar-refractivity contribution >= 4 is 0 Å². The lowest BCUT2D eigenvalue weighted by atomic mass is 9.88. The maximum atomic E-state index is 8.27. The summed E-state index contributed by atoms with van der Waals surface area (Å²) < 4.78 is 0. The van der Waals surface area contributed by atoms with Gasteiger partial charge in [0, 0.05) is 12.2 Å². The van der Waals surface area contributed by atoms with Crippen LogP contribution in [0.3, 0.4) is 0 Å². The van der Waals surface area contributed by atoms with E-state index in [9.17, 15) is 0 Å². The quantitative estimate of drug-likeness (QED) is 0.258. The molecule has 0 unspecified atom stereocenters. The van der Waals surface area contributed by atoms with Gasteiger partial charge in [-0.2, -0.15) is 10.5 Å². The Kier molecular flexibility index (Phi) is 20.6. The molecule has 194 valence electrons. The number of nitrogens with zero attached hydrogens (tertiary/aromatic N) is 2. The maximum absolute atomic E-state index is 8.27. The Hall–Kier alpha value is -2.94. The van der Waals surface area contributed by atoms with Crippen molar-refractivity contribution in [3.8, 4) is 36.8 Å². The van der Waals surface area contributed by atoms with Crippen molar-refractivity contribution in [3.63, 3.8) is 0 Å². The van der Waals surface area contributed by atoms with Crippen LogP contribution in [0.2, 0.25) is 0 Å². The van der Waals surface area contributed by atoms with Crippen LogP contribution < -0.4 is 0 Å². The second-order valence-corrected chi connectivity index (χ2v) is 12.6. The lowest BCUT2D eigenvalue weighted by molar-refractivity contribution is 0.504. The number of allylic oxidation sites excluding steroid dienone is 8. The van der Waals surface area contributed by atoms with Gasteiger partial charge in [0.1, 0.15) is 0 Å². The Morgan fingerprint density at radius 3 is 1.06 bits per heavy atom. The molecule has 0 aromatic heterocycles. The van der Waals surface area contributed by atoms with Crippen LogP contribution in [0.15, 0.2) is 47.1 Å². The van der Waals surface area contributed by atoms with E-state index in [2.05, 4.69) is 101 Å². The van der Waals surface area contributed by atoms with Crippen LogP contribution in [0.1, 0.15) is 104 Å². The van der Waals surface area contributed by atoms with Crippen molar-refractivity contribution < 1.29 is 0 Å². The van der Waals surface area contributed by atoms with Crippen molar-refractivity contribution in [3.05, 3.63) is 47.1 Å².